The SMILES string of the molecule is COc1ccc(C(=O)N2CCC(N3C(=O)CNC3=O)CC2)c(OC)c1OC. The summed E-state index contributed by atoms with van der Waals surface area (Å²) in [5.74, 6) is 0.746. The summed E-state index contributed by atoms with van der Waals surface area (Å²) < 4.78 is 16.0. The van der Waals surface area contributed by atoms with Gasteiger partial charge in [0.05, 0.1) is 33.4 Å². The molecule has 27 heavy (non-hydrogen) atoms. The largest absolute Gasteiger partial charge is 0.493 e. The van der Waals surface area contributed by atoms with E-state index >= 15 is 0 Å². The number of ether oxygens (including phenoxy) is 3. The van der Waals surface area contributed by atoms with E-state index in [0.717, 1.165) is 0 Å². The van der Waals surface area contributed by atoms with Crippen molar-refractivity contribution < 1.29 is 28.6 Å². The fourth-order valence-corrected chi connectivity index (χ4v) is 3.57. The van der Waals surface area contributed by atoms with Crippen molar-refractivity contribution in [2.24, 2.45) is 0 Å². The molecule has 3 rings (SSSR count). The van der Waals surface area contributed by atoms with Gasteiger partial charge < -0.3 is 24.4 Å². The molecule has 2 aliphatic rings. The van der Waals surface area contributed by atoms with Gasteiger partial charge >= 0.3 is 6.03 Å². The topological polar surface area (TPSA) is 97.4 Å². The lowest BCUT2D eigenvalue weighted by Gasteiger charge is -2.35. The normalized spacial score (nSPS) is 17.7. The van der Waals surface area contributed by atoms with Gasteiger partial charge in [-0.3, -0.25) is 14.5 Å². The molecule has 9 nitrogen and oxygen atoms in total. The molecule has 1 N–H and O–H groups in total. The van der Waals surface area contributed by atoms with Gasteiger partial charge in [-0.15, -0.1) is 0 Å². The molecule has 2 fully saturated rings. The van der Waals surface area contributed by atoms with E-state index in [9.17, 15) is 14.4 Å². The first-order valence-corrected chi connectivity index (χ1v) is 8.70. The Hall–Kier alpha value is -2.97. The molecule has 0 bridgehead atoms. The molecule has 0 unspecified atom stereocenters. The van der Waals surface area contributed by atoms with E-state index in [-0.39, 0.29) is 30.4 Å². The number of rotatable bonds is 5. The summed E-state index contributed by atoms with van der Waals surface area (Å²) in [5.41, 5.74) is 0.378. The van der Waals surface area contributed by atoms with Crippen LogP contribution >= 0.6 is 0 Å². The van der Waals surface area contributed by atoms with Gasteiger partial charge in [-0.1, -0.05) is 0 Å². The predicted octanol–water partition coefficient (Wildman–Crippen LogP) is 0.869. The number of urea groups is 1. The summed E-state index contributed by atoms with van der Waals surface area (Å²) in [6.07, 6.45) is 1.08. The molecule has 146 valence electrons. The third-order valence-corrected chi connectivity index (χ3v) is 4.93. The highest BCUT2D eigenvalue weighted by Crippen LogP contribution is 2.40. The smallest absolute Gasteiger partial charge is 0.324 e. The number of methoxy groups -OCH3 is 3. The Bertz CT molecular complexity index is 742. The molecule has 2 aliphatic heterocycles. The van der Waals surface area contributed by atoms with E-state index in [1.807, 2.05) is 0 Å². The van der Waals surface area contributed by atoms with Gasteiger partial charge in [-0.05, 0) is 25.0 Å². The van der Waals surface area contributed by atoms with E-state index in [0.29, 0.717) is 48.7 Å². The van der Waals surface area contributed by atoms with Crippen molar-refractivity contribution >= 4 is 17.8 Å². The second kappa shape index (κ2) is 7.73. The molecule has 1 aromatic rings. The van der Waals surface area contributed by atoms with Crippen LogP contribution in [0.1, 0.15) is 23.2 Å². The minimum Gasteiger partial charge on any atom is -0.493 e. The Morgan fingerprint density at radius 3 is 2.22 bits per heavy atom. The van der Waals surface area contributed by atoms with E-state index in [2.05, 4.69) is 5.32 Å². The number of carbonyl (C=O) groups is 3. The lowest BCUT2D eigenvalue weighted by Crippen LogP contribution is -2.49. The number of hydrogen-bond acceptors (Lipinski definition) is 6. The molecule has 0 aromatic heterocycles. The molecule has 4 amide bonds. The third kappa shape index (κ3) is 3.36. The number of amides is 4. The van der Waals surface area contributed by atoms with Crippen LogP contribution in [0.25, 0.3) is 0 Å². The number of benzene rings is 1. The maximum Gasteiger partial charge on any atom is 0.324 e. The molecule has 0 atom stereocenters. The summed E-state index contributed by atoms with van der Waals surface area (Å²) in [7, 11) is 4.47. The lowest BCUT2D eigenvalue weighted by atomic mass is 10.0. The van der Waals surface area contributed by atoms with Crippen molar-refractivity contribution in [2.75, 3.05) is 41.0 Å². The van der Waals surface area contributed by atoms with Crippen LogP contribution in [0.5, 0.6) is 17.2 Å². The van der Waals surface area contributed by atoms with Crippen LogP contribution < -0.4 is 19.5 Å². The van der Waals surface area contributed by atoms with E-state index < -0.39 is 0 Å². The van der Waals surface area contributed by atoms with Gasteiger partial charge in [0, 0.05) is 19.1 Å². The number of nitrogens with one attached hydrogen (secondary N) is 1. The van der Waals surface area contributed by atoms with Crippen LogP contribution in [0.4, 0.5) is 4.79 Å². The minimum absolute atomic E-state index is 0.0425. The highest BCUT2D eigenvalue weighted by atomic mass is 16.5. The quantitative estimate of drug-likeness (QED) is 0.765. The fourth-order valence-electron chi connectivity index (χ4n) is 3.57. The van der Waals surface area contributed by atoms with Crippen molar-refractivity contribution in [1.82, 2.24) is 15.1 Å². The van der Waals surface area contributed by atoms with Crippen molar-refractivity contribution in [2.45, 2.75) is 18.9 Å². The highest BCUT2D eigenvalue weighted by molar-refractivity contribution is 6.02. The average molecular weight is 377 g/mol. The molecule has 0 aliphatic carbocycles. The molecular weight excluding hydrogens is 354 g/mol. The molecule has 0 saturated carbocycles. The Morgan fingerprint density at radius 1 is 1.04 bits per heavy atom. The monoisotopic (exact) mass is 377 g/mol. The maximum atomic E-state index is 13.0. The van der Waals surface area contributed by atoms with Crippen molar-refractivity contribution in [3.8, 4) is 17.2 Å². The number of piperidine rings is 1. The van der Waals surface area contributed by atoms with Gasteiger partial charge in [-0.25, -0.2) is 4.79 Å². The highest BCUT2D eigenvalue weighted by Gasteiger charge is 2.37. The van der Waals surface area contributed by atoms with Gasteiger partial charge in [0.25, 0.3) is 5.91 Å². The summed E-state index contributed by atoms with van der Waals surface area (Å²) in [4.78, 5) is 39.6. The Balaban J connectivity index is 1.74. The molecule has 9 heteroatoms. The van der Waals surface area contributed by atoms with Crippen molar-refractivity contribution in [3.63, 3.8) is 0 Å². The first-order chi connectivity index (χ1) is 13.0. The molecule has 1 aromatic carbocycles. The van der Waals surface area contributed by atoms with Gasteiger partial charge in [0.1, 0.15) is 0 Å². The molecular formula is C18H23N3O6. The van der Waals surface area contributed by atoms with Crippen LogP contribution in [0.15, 0.2) is 12.1 Å². The van der Waals surface area contributed by atoms with Crippen molar-refractivity contribution in [1.29, 1.82) is 0 Å². The zero-order valence-electron chi connectivity index (χ0n) is 15.6. The maximum absolute atomic E-state index is 13.0. The summed E-state index contributed by atoms with van der Waals surface area (Å²) in [5, 5.41) is 2.53. The number of hydrogen-bond donors (Lipinski definition) is 1. The Morgan fingerprint density at radius 2 is 1.70 bits per heavy atom. The van der Waals surface area contributed by atoms with Gasteiger partial charge in [0.2, 0.25) is 11.7 Å². The molecule has 0 radical (unpaired) electrons. The molecule has 2 saturated heterocycles. The minimum atomic E-state index is -0.355. The van der Waals surface area contributed by atoms with E-state index in [4.69, 9.17) is 14.2 Å². The number of nitrogens with zero attached hydrogens (tertiary/aromatic N) is 2. The van der Waals surface area contributed by atoms with Gasteiger partial charge in [-0.2, -0.15) is 0 Å². The standard InChI is InChI=1S/C18H23N3O6/c1-25-13-5-4-12(15(26-2)16(13)27-3)17(23)20-8-6-11(7-9-20)21-14(22)10-19-18(21)24/h4-5,11H,6-10H2,1-3H3,(H,19,24). The van der Waals surface area contributed by atoms with Gasteiger partial charge in [0.15, 0.2) is 11.5 Å². The first-order valence-electron chi connectivity index (χ1n) is 8.70. The summed E-state index contributed by atoms with van der Waals surface area (Å²) in [6.45, 7) is 0.928. The Labute approximate surface area is 157 Å². The van der Waals surface area contributed by atoms with E-state index in [1.165, 1.54) is 26.2 Å². The van der Waals surface area contributed by atoms with Crippen LogP contribution in [-0.4, -0.2) is 74.7 Å². The zero-order chi connectivity index (χ0) is 19.6. The molecule has 2 heterocycles. The van der Waals surface area contributed by atoms with Crippen LogP contribution in [0.3, 0.4) is 0 Å². The van der Waals surface area contributed by atoms with Crippen LogP contribution in [0, 0.1) is 0 Å². The fraction of sp³-hybridized carbons (Fsp3) is 0.500. The Kier molecular flexibility index (Phi) is 5.38. The molecule has 0 spiro atoms. The average Bonchev–Trinajstić information content (AvgIpc) is 3.04. The third-order valence-electron chi connectivity index (χ3n) is 4.93. The number of likely N-dealkylation sites (tertiary alicyclic amines) is 1. The predicted molar refractivity (Wildman–Crippen MR) is 95.3 cm³/mol. The summed E-state index contributed by atoms with van der Waals surface area (Å²) in [6, 6.07) is 2.77. The van der Waals surface area contributed by atoms with Crippen LogP contribution in [0.2, 0.25) is 0 Å². The van der Waals surface area contributed by atoms with Crippen LogP contribution in [-0.2, 0) is 4.79 Å². The first kappa shape index (κ1) is 18.8. The zero-order valence-corrected chi connectivity index (χ0v) is 15.6. The van der Waals surface area contributed by atoms with E-state index in [1.54, 1.807) is 17.0 Å². The summed E-state index contributed by atoms with van der Waals surface area (Å²) >= 11 is 0. The van der Waals surface area contributed by atoms with Crippen molar-refractivity contribution in [3.05, 3.63) is 17.7 Å². The lowest BCUT2D eigenvalue weighted by molar-refractivity contribution is -0.127. The second-order valence-electron chi connectivity index (χ2n) is 6.33. The number of imide groups is 1. The second-order valence-corrected chi connectivity index (χ2v) is 6.33. The number of carbonyl (C=O) groups excluding carboxylic acids is 3.